The van der Waals surface area contributed by atoms with Crippen molar-refractivity contribution in [1.82, 2.24) is 9.44 Å². The zero-order valence-corrected chi connectivity index (χ0v) is 17.6. The topological polar surface area (TPSA) is 64.8 Å². The number of hydrogen-bond donors (Lipinski definition) is 1. The van der Waals surface area contributed by atoms with Crippen LogP contribution >= 0.6 is 23.1 Å². The maximum atomic E-state index is 12.8. The summed E-state index contributed by atoms with van der Waals surface area (Å²) < 4.78 is 8.00. The van der Waals surface area contributed by atoms with Gasteiger partial charge in [0.15, 0.2) is 0 Å². The Morgan fingerprint density at radius 2 is 2.11 bits per heavy atom. The Kier molecular flexibility index (Phi) is 7.24. The molecule has 1 heterocycles. The second-order valence-electron chi connectivity index (χ2n) is 6.74. The van der Waals surface area contributed by atoms with Crippen molar-refractivity contribution in [2.75, 3.05) is 14.2 Å². The number of nitrogens with one attached hydrogen (secondary N) is 1. The lowest BCUT2D eigenvalue weighted by Crippen LogP contribution is -2.18. The number of methoxy groups -OCH3 is 1. The molecule has 2 aromatic rings. The van der Waals surface area contributed by atoms with Crippen molar-refractivity contribution in [3.63, 3.8) is 0 Å². The molecular formula is C19H24ClN3O3S. The Morgan fingerprint density at radius 3 is 2.74 bits per heavy atom. The predicted octanol–water partition coefficient (Wildman–Crippen LogP) is 3.91. The smallest absolute Gasteiger partial charge is 0.282 e. The molecule has 1 amide bonds. The Labute approximate surface area is 168 Å². The summed E-state index contributed by atoms with van der Waals surface area (Å²) in [5.74, 6) is 0.0525. The summed E-state index contributed by atoms with van der Waals surface area (Å²) in [4.78, 5) is 21.9. The van der Waals surface area contributed by atoms with E-state index >= 15 is 0 Å². The number of amides is 1. The van der Waals surface area contributed by atoms with Crippen molar-refractivity contribution in [2.45, 2.75) is 32.7 Å². The van der Waals surface area contributed by atoms with Crippen molar-refractivity contribution in [3.8, 4) is 5.75 Å². The lowest BCUT2D eigenvalue weighted by molar-refractivity contribution is 0.0996. The number of carbonyl (C=O) groups is 1. The van der Waals surface area contributed by atoms with Crippen LogP contribution in [0.3, 0.4) is 0 Å². The normalized spacial score (nSPS) is 12.6. The van der Waals surface area contributed by atoms with Crippen LogP contribution in [0.25, 0.3) is 0 Å². The van der Waals surface area contributed by atoms with Crippen LogP contribution in [0, 0.1) is 0 Å². The quantitative estimate of drug-likeness (QED) is 0.734. The van der Waals surface area contributed by atoms with E-state index < -0.39 is 5.91 Å². The standard InChI is InChI=1S/C19H24ClN3O3S/c1-19(2,3)23-12-13(7-6-10-21-26-5)18(27-23)22-17(24)15-11-14(20)8-9-16(15)25-4/h6,8-12,21H,7H2,1-5H3. The third kappa shape index (κ3) is 5.69. The van der Waals surface area contributed by atoms with Gasteiger partial charge in [-0.05, 0) is 56.9 Å². The van der Waals surface area contributed by atoms with E-state index in [0.29, 0.717) is 27.4 Å². The molecule has 27 heavy (non-hydrogen) atoms. The van der Waals surface area contributed by atoms with Gasteiger partial charge in [-0.3, -0.25) is 19.1 Å². The monoisotopic (exact) mass is 409 g/mol. The fourth-order valence-corrected chi connectivity index (χ4v) is 3.43. The van der Waals surface area contributed by atoms with Crippen LogP contribution in [0.1, 0.15) is 36.7 Å². The van der Waals surface area contributed by atoms with Crippen LogP contribution in [0.2, 0.25) is 5.02 Å². The zero-order valence-electron chi connectivity index (χ0n) is 16.1. The molecule has 0 fully saturated rings. The van der Waals surface area contributed by atoms with Gasteiger partial charge in [0.2, 0.25) is 0 Å². The van der Waals surface area contributed by atoms with E-state index in [1.54, 1.807) is 31.5 Å². The van der Waals surface area contributed by atoms with Crippen LogP contribution in [-0.4, -0.2) is 24.1 Å². The number of aromatic nitrogens is 1. The molecule has 8 heteroatoms. The van der Waals surface area contributed by atoms with E-state index in [1.165, 1.54) is 18.6 Å². The number of nitrogens with zero attached hydrogens (tertiary/aromatic N) is 2. The van der Waals surface area contributed by atoms with Gasteiger partial charge in [-0.15, -0.1) is 0 Å². The molecule has 2 rings (SSSR count). The molecular weight excluding hydrogens is 386 g/mol. The molecule has 6 nitrogen and oxygen atoms in total. The van der Waals surface area contributed by atoms with Gasteiger partial charge >= 0.3 is 0 Å². The Hall–Kier alpha value is -2.09. The van der Waals surface area contributed by atoms with Crippen LogP contribution < -0.4 is 14.9 Å². The largest absolute Gasteiger partial charge is 0.496 e. The summed E-state index contributed by atoms with van der Waals surface area (Å²) in [5.41, 5.74) is 3.82. The highest BCUT2D eigenvalue weighted by molar-refractivity contribution is 7.04. The van der Waals surface area contributed by atoms with Gasteiger partial charge in [-0.1, -0.05) is 17.7 Å². The average Bonchev–Trinajstić information content (AvgIpc) is 3.01. The highest BCUT2D eigenvalue weighted by Gasteiger charge is 2.17. The van der Waals surface area contributed by atoms with Gasteiger partial charge in [0.05, 0.1) is 19.8 Å². The van der Waals surface area contributed by atoms with Crippen LogP contribution in [-0.2, 0) is 16.8 Å². The molecule has 0 atom stereocenters. The van der Waals surface area contributed by atoms with Crippen molar-refractivity contribution in [1.29, 1.82) is 0 Å². The number of allylic oxidation sites excluding steroid dienone is 1. The third-order valence-electron chi connectivity index (χ3n) is 3.63. The summed E-state index contributed by atoms with van der Waals surface area (Å²) in [7, 11) is 3.05. The summed E-state index contributed by atoms with van der Waals surface area (Å²) in [6, 6.07) is 4.91. The minimum Gasteiger partial charge on any atom is -0.496 e. The van der Waals surface area contributed by atoms with Crippen LogP contribution in [0.4, 0.5) is 0 Å². The number of hydrogen-bond acceptors (Lipinski definition) is 5. The number of carbonyl (C=O) groups excluding carboxylic acids is 1. The third-order valence-corrected chi connectivity index (χ3v) is 5.24. The molecule has 0 radical (unpaired) electrons. The summed E-state index contributed by atoms with van der Waals surface area (Å²) in [6.07, 6.45) is 6.23. The van der Waals surface area contributed by atoms with E-state index in [0.717, 1.165) is 5.56 Å². The molecule has 146 valence electrons. The van der Waals surface area contributed by atoms with Crippen molar-refractivity contribution in [2.24, 2.45) is 4.99 Å². The molecule has 0 saturated heterocycles. The fraction of sp³-hybridized carbons (Fsp3) is 0.368. The SMILES string of the molecule is CONC=CCc1cn(C(C)(C)C)sc1=NC(=O)c1cc(Cl)ccc1OC. The molecule has 0 spiro atoms. The van der Waals surface area contributed by atoms with Gasteiger partial charge in [-0.2, -0.15) is 4.99 Å². The molecule has 0 aliphatic carbocycles. The molecule has 0 aliphatic rings. The van der Waals surface area contributed by atoms with E-state index in [-0.39, 0.29) is 5.54 Å². The van der Waals surface area contributed by atoms with Gasteiger partial charge < -0.3 is 4.74 Å². The van der Waals surface area contributed by atoms with Crippen molar-refractivity contribution >= 4 is 29.0 Å². The molecule has 1 N–H and O–H groups in total. The molecule has 0 bridgehead atoms. The number of ether oxygens (including phenoxy) is 1. The molecule has 0 aliphatic heterocycles. The van der Waals surface area contributed by atoms with Gasteiger partial charge in [0, 0.05) is 28.5 Å². The Balaban J connectivity index is 2.47. The predicted molar refractivity (Wildman–Crippen MR) is 108 cm³/mol. The minimum atomic E-state index is -0.391. The first-order valence-electron chi connectivity index (χ1n) is 8.34. The second kappa shape index (κ2) is 9.21. The van der Waals surface area contributed by atoms with E-state index in [4.69, 9.17) is 21.2 Å². The van der Waals surface area contributed by atoms with Crippen LogP contribution in [0.15, 0.2) is 41.7 Å². The first-order valence-corrected chi connectivity index (χ1v) is 9.50. The number of rotatable bonds is 6. The molecule has 1 aromatic carbocycles. The van der Waals surface area contributed by atoms with Gasteiger partial charge in [0.25, 0.3) is 5.91 Å². The van der Waals surface area contributed by atoms with E-state index in [2.05, 4.69) is 35.2 Å². The Bertz CT molecular complexity index is 894. The van der Waals surface area contributed by atoms with Gasteiger partial charge in [0.1, 0.15) is 10.4 Å². The van der Waals surface area contributed by atoms with E-state index in [1.807, 2.05) is 12.3 Å². The van der Waals surface area contributed by atoms with Crippen molar-refractivity contribution < 1.29 is 14.4 Å². The van der Waals surface area contributed by atoms with Gasteiger partial charge in [-0.25, -0.2) is 0 Å². The number of halogens is 1. The second-order valence-corrected chi connectivity index (χ2v) is 8.14. The zero-order chi connectivity index (χ0) is 20.0. The first kappa shape index (κ1) is 21.2. The maximum absolute atomic E-state index is 12.8. The fourth-order valence-electron chi connectivity index (χ4n) is 2.24. The Morgan fingerprint density at radius 1 is 1.37 bits per heavy atom. The minimum absolute atomic E-state index is 0.113. The molecule has 0 unspecified atom stereocenters. The van der Waals surface area contributed by atoms with E-state index in [9.17, 15) is 4.79 Å². The average molecular weight is 410 g/mol. The number of benzene rings is 1. The lowest BCUT2D eigenvalue weighted by atomic mass is 10.1. The maximum Gasteiger partial charge on any atom is 0.282 e. The molecule has 0 saturated carbocycles. The summed E-state index contributed by atoms with van der Waals surface area (Å²) in [6.45, 7) is 6.30. The summed E-state index contributed by atoms with van der Waals surface area (Å²) >= 11 is 7.48. The van der Waals surface area contributed by atoms with Crippen molar-refractivity contribution in [3.05, 3.63) is 57.5 Å². The highest BCUT2D eigenvalue weighted by Crippen LogP contribution is 2.23. The van der Waals surface area contributed by atoms with Crippen LogP contribution in [0.5, 0.6) is 5.75 Å². The molecule has 1 aromatic heterocycles. The number of hydroxylamine groups is 1. The first-order chi connectivity index (χ1) is 12.8. The highest BCUT2D eigenvalue weighted by atomic mass is 35.5. The summed E-state index contributed by atoms with van der Waals surface area (Å²) in [5, 5.41) is 0.457. The lowest BCUT2D eigenvalue weighted by Gasteiger charge is -2.19.